The summed E-state index contributed by atoms with van der Waals surface area (Å²) in [6.07, 6.45) is 1.18. The lowest BCUT2D eigenvalue weighted by molar-refractivity contribution is 0.0993. The molecular weight excluding hydrogens is 272 g/mol. The van der Waals surface area contributed by atoms with Crippen LogP contribution in [0.15, 0.2) is 30.3 Å². The molecule has 1 aliphatic heterocycles. The smallest absolute Gasteiger partial charge is 0.258 e. The van der Waals surface area contributed by atoms with Gasteiger partial charge in [0.05, 0.1) is 11.8 Å². The van der Waals surface area contributed by atoms with Crippen LogP contribution >= 0.6 is 0 Å². The van der Waals surface area contributed by atoms with Crippen LogP contribution in [0.25, 0.3) is 10.8 Å². The van der Waals surface area contributed by atoms with Crippen molar-refractivity contribution in [1.82, 2.24) is 0 Å². The first-order valence-electron chi connectivity index (χ1n) is 7.70. The summed E-state index contributed by atoms with van der Waals surface area (Å²) < 4.78 is 0. The maximum Gasteiger partial charge on any atom is 0.258 e. The molecule has 0 aliphatic carbocycles. The second-order valence-electron chi connectivity index (χ2n) is 6.83. The van der Waals surface area contributed by atoms with Crippen LogP contribution < -0.4 is 4.90 Å². The fraction of sp³-hybridized carbons (Fsp3) is 0.368. The third-order valence-corrected chi connectivity index (χ3v) is 4.26. The molecule has 1 heterocycles. The molecule has 22 heavy (non-hydrogen) atoms. The minimum atomic E-state index is 0.0361. The zero-order valence-electron chi connectivity index (χ0n) is 13.3. The van der Waals surface area contributed by atoms with Crippen molar-refractivity contribution in [2.75, 3.05) is 11.4 Å². The van der Waals surface area contributed by atoms with Crippen LogP contribution in [-0.2, 0) is 5.41 Å². The van der Waals surface area contributed by atoms with Crippen LogP contribution in [0.3, 0.4) is 0 Å². The Hall–Kier alpha value is -2.34. The number of nitriles is 1. The molecular formula is C19H20N2O. The summed E-state index contributed by atoms with van der Waals surface area (Å²) in [6, 6.07) is 12.3. The number of carbonyl (C=O) groups is 1. The Morgan fingerprint density at radius 3 is 2.64 bits per heavy atom. The normalized spacial score (nSPS) is 13.7. The van der Waals surface area contributed by atoms with Gasteiger partial charge in [-0.3, -0.25) is 4.79 Å². The van der Waals surface area contributed by atoms with Gasteiger partial charge in [-0.05, 0) is 34.9 Å². The zero-order chi connectivity index (χ0) is 15.9. The molecule has 0 N–H and O–H groups in total. The van der Waals surface area contributed by atoms with E-state index in [0.29, 0.717) is 19.4 Å². The topological polar surface area (TPSA) is 44.1 Å². The van der Waals surface area contributed by atoms with Gasteiger partial charge < -0.3 is 4.90 Å². The largest absolute Gasteiger partial charge is 0.308 e. The van der Waals surface area contributed by atoms with Crippen LogP contribution in [0, 0.1) is 11.3 Å². The SMILES string of the molecule is CC(C)(C)c1ccc2c3c(cccc13)C(=O)N2CCCC#N. The Balaban J connectivity index is 2.15. The highest BCUT2D eigenvalue weighted by Gasteiger charge is 2.31. The first-order chi connectivity index (χ1) is 10.4. The Labute approximate surface area is 131 Å². The van der Waals surface area contributed by atoms with Crippen LogP contribution in [0.1, 0.15) is 49.5 Å². The maximum absolute atomic E-state index is 12.7. The van der Waals surface area contributed by atoms with Crippen molar-refractivity contribution in [3.63, 3.8) is 0 Å². The second kappa shape index (κ2) is 5.14. The molecule has 3 rings (SSSR count). The predicted octanol–water partition coefficient (Wildman–Crippen LogP) is 4.40. The van der Waals surface area contributed by atoms with E-state index in [9.17, 15) is 4.79 Å². The number of carbonyl (C=O) groups excluding carboxylic acids is 1. The van der Waals surface area contributed by atoms with Gasteiger partial charge in [-0.15, -0.1) is 0 Å². The van der Waals surface area contributed by atoms with Crippen LogP contribution in [0.2, 0.25) is 0 Å². The monoisotopic (exact) mass is 292 g/mol. The quantitative estimate of drug-likeness (QED) is 0.787. The number of anilines is 1. The summed E-state index contributed by atoms with van der Waals surface area (Å²) in [4.78, 5) is 14.5. The third-order valence-electron chi connectivity index (χ3n) is 4.26. The van der Waals surface area contributed by atoms with Gasteiger partial charge in [0.15, 0.2) is 0 Å². The minimum Gasteiger partial charge on any atom is -0.308 e. The van der Waals surface area contributed by atoms with Crippen molar-refractivity contribution in [3.05, 3.63) is 41.5 Å². The molecule has 3 nitrogen and oxygen atoms in total. The van der Waals surface area contributed by atoms with Gasteiger partial charge in [0.2, 0.25) is 0 Å². The third kappa shape index (κ3) is 2.16. The Bertz CT molecular complexity index is 793. The molecule has 1 aliphatic rings. The molecule has 0 atom stereocenters. The van der Waals surface area contributed by atoms with Gasteiger partial charge in [0, 0.05) is 23.9 Å². The van der Waals surface area contributed by atoms with E-state index < -0.39 is 0 Å². The van der Waals surface area contributed by atoms with E-state index in [-0.39, 0.29) is 11.3 Å². The van der Waals surface area contributed by atoms with E-state index >= 15 is 0 Å². The predicted molar refractivity (Wildman–Crippen MR) is 89.2 cm³/mol. The van der Waals surface area contributed by atoms with Crippen molar-refractivity contribution in [2.45, 2.75) is 39.0 Å². The number of rotatable bonds is 3. The number of hydrogen-bond acceptors (Lipinski definition) is 2. The molecule has 0 unspecified atom stereocenters. The molecule has 0 aromatic heterocycles. The zero-order valence-corrected chi connectivity index (χ0v) is 13.3. The summed E-state index contributed by atoms with van der Waals surface area (Å²) in [5.41, 5.74) is 3.07. The first-order valence-corrected chi connectivity index (χ1v) is 7.70. The summed E-state index contributed by atoms with van der Waals surface area (Å²) in [6.45, 7) is 7.18. The van der Waals surface area contributed by atoms with Crippen LogP contribution in [0.4, 0.5) is 5.69 Å². The second-order valence-corrected chi connectivity index (χ2v) is 6.83. The Kier molecular flexibility index (Phi) is 3.41. The molecule has 0 radical (unpaired) electrons. The summed E-state index contributed by atoms with van der Waals surface area (Å²) in [5, 5.41) is 10.9. The van der Waals surface area contributed by atoms with Gasteiger partial charge in [0.1, 0.15) is 0 Å². The lowest BCUT2D eigenvalue weighted by atomic mass is 9.83. The van der Waals surface area contributed by atoms with Crippen molar-refractivity contribution in [1.29, 1.82) is 5.26 Å². The molecule has 112 valence electrons. The molecule has 0 spiro atoms. The highest BCUT2D eigenvalue weighted by atomic mass is 16.2. The van der Waals surface area contributed by atoms with Crippen LogP contribution in [-0.4, -0.2) is 12.5 Å². The van der Waals surface area contributed by atoms with E-state index in [1.165, 1.54) is 10.9 Å². The van der Waals surface area contributed by atoms with Gasteiger partial charge in [0.25, 0.3) is 5.91 Å². The van der Waals surface area contributed by atoms with E-state index in [1.54, 1.807) is 0 Å². The molecule has 0 fully saturated rings. The number of benzene rings is 2. The first kappa shape index (κ1) is 14.6. The van der Waals surface area contributed by atoms with E-state index in [4.69, 9.17) is 5.26 Å². The maximum atomic E-state index is 12.7. The molecule has 3 heteroatoms. The van der Waals surface area contributed by atoms with Gasteiger partial charge >= 0.3 is 0 Å². The Morgan fingerprint density at radius 2 is 1.95 bits per heavy atom. The average Bonchev–Trinajstić information content (AvgIpc) is 2.74. The van der Waals surface area contributed by atoms with Crippen molar-refractivity contribution in [2.24, 2.45) is 0 Å². The van der Waals surface area contributed by atoms with Gasteiger partial charge in [-0.2, -0.15) is 5.26 Å². The standard InChI is InChI=1S/C19H20N2O/c1-19(2,3)15-9-10-16-17-13(15)7-6-8-14(17)18(22)21(16)12-5-4-11-20/h6-10H,4-5,12H2,1-3H3. The minimum absolute atomic E-state index is 0.0361. The summed E-state index contributed by atoms with van der Waals surface area (Å²) in [7, 11) is 0. The number of nitrogens with zero attached hydrogens (tertiary/aromatic N) is 2. The van der Waals surface area contributed by atoms with Gasteiger partial charge in [-0.25, -0.2) is 0 Å². The lowest BCUT2D eigenvalue weighted by Gasteiger charge is -2.23. The summed E-state index contributed by atoms with van der Waals surface area (Å²) in [5.74, 6) is 0.0598. The molecule has 0 bridgehead atoms. The fourth-order valence-electron chi connectivity index (χ4n) is 3.24. The molecule has 2 aromatic carbocycles. The molecule has 0 saturated carbocycles. The highest BCUT2D eigenvalue weighted by molar-refractivity contribution is 6.25. The highest BCUT2D eigenvalue weighted by Crippen LogP contribution is 2.41. The molecule has 0 saturated heterocycles. The van der Waals surface area contributed by atoms with Crippen molar-refractivity contribution in [3.8, 4) is 6.07 Å². The number of amides is 1. The molecule has 1 amide bonds. The molecule has 2 aromatic rings. The number of hydrogen-bond donors (Lipinski definition) is 0. The van der Waals surface area contributed by atoms with E-state index in [2.05, 4.69) is 45.0 Å². The van der Waals surface area contributed by atoms with Crippen molar-refractivity contribution >= 4 is 22.4 Å². The summed E-state index contributed by atoms with van der Waals surface area (Å²) >= 11 is 0. The fourth-order valence-corrected chi connectivity index (χ4v) is 3.24. The van der Waals surface area contributed by atoms with Crippen LogP contribution in [0.5, 0.6) is 0 Å². The average molecular weight is 292 g/mol. The Morgan fingerprint density at radius 1 is 1.18 bits per heavy atom. The van der Waals surface area contributed by atoms with E-state index in [0.717, 1.165) is 16.6 Å². The van der Waals surface area contributed by atoms with E-state index in [1.807, 2.05) is 17.0 Å². The van der Waals surface area contributed by atoms with Gasteiger partial charge in [-0.1, -0.05) is 39.0 Å². The lowest BCUT2D eigenvalue weighted by Crippen LogP contribution is -2.27. The van der Waals surface area contributed by atoms with Crippen molar-refractivity contribution < 1.29 is 4.79 Å². The number of unbranched alkanes of at least 4 members (excludes halogenated alkanes) is 1.